The molecule has 1 aliphatic rings. The molecule has 0 unspecified atom stereocenters. The third-order valence-electron chi connectivity index (χ3n) is 1.48. The van der Waals surface area contributed by atoms with E-state index in [0.717, 1.165) is 24.3 Å². The van der Waals surface area contributed by atoms with Crippen LogP contribution in [0, 0.1) is 0 Å². The Kier molecular flexibility index (Phi) is 2.36. The van der Waals surface area contributed by atoms with Gasteiger partial charge in [-0.15, -0.1) is 5.10 Å². The van der Waals surface area contributed by atoms with Crippen LogP contribution in [-0.4, -0.2) is 17.4 Å². The van der Waals surface area contributed by atoms with Crippen LogP contribution in [0.5, 0.6) is 0 Å². The lowest BCUT2D eigenvalue weighted by molar-refractivity contribution is 1.06. The summed E-state index contributed by atoms with van der Waals surface area (Å²) in [7, 11) is 0. The first-order valence-corrected chi connectivity index (χ1v) is 3.59. The van der Waals surface area contributed by atoms with E-state index in [1.54, 1.807) is 0 Å². The molecule has 60 valence electrons. The Morgan fingerprint density at radius 3 is 2.45 bits per heavy atom. The first-order valence-electron chi connectivity index (χ1n) is 3.59. The van der Waals surface area contributed by atoms with Gasteiger partial charge in [0.1, 0.15) is 0 Å². The van der Waals surface area contributed by atoms with Gasteiger partial charge in [-0.25, -0.2) is 4.99 Å². The van der Waals surface area contributed by atoms with E-state index in [1.165, 1.54) is 0 Å². The Labute approximate surface area is 65.9 Å². The molecule has 0 aromatic heterocycles. The lowest BCUT2D eigenvalue weighted by Gasteiger charge is -2.02. The molecule has 1 aliphatic heterocycles. The fourth-order valence-electron chi connectivity index (χ4n) is 0.822. The molecule has 4 heteroatoms. The molecule has 0 spiro atoms. The Bertz CT molecular complexity index is 237. The minimum Gasteiger partial charge on any atom is -0.366 e. The van der Waals surface area contributed by atoms with Crippen molar-refractivity contribution in [2.24, 2.45) is 20.9 Å². The molecule has 0 fully saturated rings. The van der Waals surface area contributed by atoms with Crippen LogP contribution in [0.25, 0.3) is 0 Å². The van der Waals surface area contributed by atoms with Gasteiger partial charge in [-0.2, -0.15) is 5.10 Å². The van der Waals surface area contributed by atoms with Gasteiger partial charge in [0.05, 0.1) is 0 Å². The second-order valence-corrected chi connectivity index (χ2v) is 2.64. The van der Waals surface area contributed by atoms with Gasteiger partial charge in [0, 0.05) is 11.4 Å². The number of aliphatic imine (C=N–C) groups is 1. The standard InChI is InChI=1S/C7H12N4/c1-5-3-4-6(2)10-11-7(8)9-5/h3-4H2,1-2H3,(H2,8,11)/b9-5-,10-6-. The lowest BCUT2D eigenvalue weighted by atomic mass is 10.2. The molecule has 0 saturated heterocycles. The third kappa shape index (κ3) is 2.49. The van der Waals surface area contributed by atoms with E-state index in [4.69, 9.17) is 5.73 Å². The highest BCUT2D eigenvalue weighted by atomic mass is 15.3. The molecule has 1 heterocycles. The number of hydrogen-bond donors (Lipinski definition) is 1. The molecule has 1 rings (SSSR count). The smallest absolute Gasteiger partial charge is 0.239 e. The summed E-state index contributed by atoms with van der Waals surface area (Å²) in [6.07, 6.45) is 1.84. The van der Waals surface area contributed by atoms with Crippen LogP contribution in [0.2, 0.25) is 0 Å². The normalized spacial score (nSPS) is 33.5. The van der Waals surface area contributed by atoms with Crippen molar-refractivity contribution in [3.05, 3.63) is 0 Å². The minimum absolute atomic E-state index is 0.251. The Morgan fingerprint density at radius 2 is 1.73 bits per heavy atom. The molecule has 0 aromatic carbocycles. The fourth-order valence-corrected chi connectivity index (χ4v) is 0.822. The summed E-state index contributed by atoms with van der Waals surface area (Å²) in [5, 5.41) is 7.58. The average molecular weight is 152 g/mol. The molecule has 0 bridgehead atoms. The average Bonchev–Trinajstić information content (AvgIpc) is 1.95. The highest BCUT2D eigenvalue weighted by Crippen LogP contribution is 1.99. The van der Waals surface area contributed by atoms with Gasteiger partial charge >= 0.3 is 0 Å². The maximum Gasteiger partial charge on any atom is 0.239 e. The van der Waals surface area contributed by atoms with E-state index in [1.807, 2.05) is 13.8 Å². The molecule has 0 atom stereocenters. The Balaban J connectivity index is 2.84. The maximum absolute atomic E-state index is 5.41. The van der Waals surface area contributed by atoms with Crippen molar-refractivity contribution in [2.45, 2.75) is 26.7 Å². The largest absolute Gasteiger partial charge is 0.366 e. The van der Waals surface area contributed by atoms with Crippen molar-refractivity contribution in [3.63, 3.8) is 0 Å². The summed E-state index contributed by atoms with van der Waals surface area (Å²) in [5.41, 5.74) is 7.43. The molecule has 0 aromatic rings. The van der Waals surface area contributed by atoms with Gasteiger partial charge in [-0.05, 0) is 26.7 Å². The molecule has 2 N–H and O–H groups in total. The zero-order valence-corrected chi connectivity index (χ0v) is 6.83. The van der Waals surface area contributed by atoms with E-state index in [0.29, 0.717) is 0 Å². The molecule has 11 heavy (non-hydrogen) atoms. The van der Waals surface area contributed by atoms with Gasteiger partial charge in [0.25, 0.3) is 0 Å². The van der Waals surface area contributed by atoms with Gasteiger partial charge in [-0.1, -0.05) is 0 Å². The Morgan fingerprint density at radius 1 is 1.09 bits per heavy atom. The van der Waals surface area contributed by atoms with E-state index in [2.05, 4.69) is 15.2 Å². The molecular weight excluding hydrogens is 140 g/mol. The Hall–Kier alpha value is -1.19. The molecule has 0 amide bonds. The van der Waals surface area contributed by atoms with Crippen molar-refractivity contribution in [1.29, 1.82) is 0 Å². The molecule has 0 aliphatic carbocycles. The summed E-state index contributed by atoms with van der Waals surface area (Å²) >= 11 is 0. The van der Waals surface area contributed by atoms with E-state index in [9.17, 15) is 0 Å². The van der Waals surface area contributed by atoms with E-state index < -0.39 is 0 Å². The van der Waals surface area contributed by atoms with Crippen molar-refractivity contribution >= 4 is 17.4 Å². The predicted molar refractivity (Wildman–Crippen MR) is 47.1 cm³/mol. The van der Waals surface area contributed by atoms with Crippen molar-refractivity contribution in [3.8, 4) is 0 Å². The first-order chi connectivity index (χ1) is 5.18. The van der Waals surface area contributed by atoms with Crippen LogP contribution in [0.4, 0.5) is 0 Å². The predicted octanol–water partition coefficient (Wildman–Crippen LogP) is 0.932. The SMILES string of the molecule is C/C1=N/N=C(N)\N=C(\C)CC1. The van der Waals surface area contributed by atoms with E-state index >= 15 is 0 Å². The highest BCUT2D eigenvalue weighted by molar-refractivity contribution is 5.98. The van der Waals surface area contributed by atoms with Gasteiger partial charge in [-0.3, -0.25) is 0 Å². The van der Waals surface area contributed by atoms with E-state index in [-0.39, 0.29) is 5.96 Å². The van der Waals surface area contributed by atoms with Crippen LogP contribution < -0.4 is 5.73 Å². The number of guanidine groups is 1. The highest BCUT2D eigenvalue weighted by Gasteiger charge is 1.99. The minimum atomic E-state index is 0.251. The summed E-state index contributed by atoms with van der Waals surface area (Å²) in [6.45, 7) is 3.89. The number of rotatable bonds is 0. The summed E-state index contributed by atoms with van der Waals surface area (Å²) in [6, 6.07) is 0. The maximum atomic E-state index is 5.41. The van der Waals surface area contributed by atoms with Gasteiger partial charge in [0.15, 0.2) is 0 Å². The van der Waals surface area contributed by atoms with Gasteiger partial charge < -0.3 is 5.73 Å². The van der Waals surface area contributed by atoms with Crippen molar-refractivity contribution in [2.75, 3.05) is 0 Å². The summed E-state index contributed by atoms with van der Waals surface area (Å²) < 4.78 is 0. The lowest BCUT2D eigenvalue weighted by Crippen LogP contribution is -2.13. The van der Waals surface area contributed by atoms with Crippen LogP contribution in [0.3, 0.4) is 0 Å². The monoisotopic (exact) mass is 152 g/mol. The number of hydrogen-bond acceptors (Lipinski definition) is 4. The molecule has 0 saturated carbocycles. The summed E-state index contributed by atoms with van der Waals surface area (Å²) in [5.74, 6) is 0.251. The quantitative estimate of drug-likeness (QED) is 0.551. The summed E-state index contributed by atoms with van der Waals surface area (Å²) in [4.78, 5) is 4.01. The number of nitrogens with zero attached hydrogens (tertiary/aromatic N) is 3. The van der Waals surface area contributed by atoms with Gasteiger partial charge in [0.2, 0.25) is 5.96 Å². The fraction of sp³-hybridized carbons (Fsp3) is 0.571. The molecular formula is C7H12N4. The number of nitrogens with two attached hydrogens (primary N) is 1. The van der Waals surface area contributed by atoms with Crippen LogP contribution in [0.1, 0.15) is 26.7 Å². The van der Waals surface area contributed by atoms with Crippen molar-refractivity contribution in [1.82, 2.24) is 0 Å². The first kappa shape index (κ1) is 7.91. The van der Waals surface area contributed by atoms with Crippen molar-refractivity contribution < 1.29 is 0 Å². The molecule has 4 nitrogen and oxygen atoms in total. The third-order valence-corrected chi connectivity index (χ3v) is 1.48. The molecule has 0 radical (unpaired) electrons. The van der Waals surface area contributed by atoms with Crippen LogP contribution in [0.15, 0.2) is 15.2 Å². The topological polar surface area (TPSA) is 63.1 Å². The zero-order chi connectivity index (χ0) is 8.27. The zero-order valence-electron chi connectivity index (χ0n) is 6.83. The van der Waals surface area contributed by atoms with Crippen LogP contribution >= 0.6 is 0 Å². The van der Waals surface area contributed by atoms with Crippen LogP contribution in [-0.2, 0) is 0 Å². The second kappa shape index (κ2) is 3.27. The second-order valence-electron chi connectivity index (χ2n) is 2.64.